The average Bonchev–Trinajstić information content (AvgIpc) is 3.02. The van der Waals surface area contributed by atoms with E-state index in [0.29, 0.717) is 17.0 Å². The first kappa shape index (κ1) is 14.0. The molecular weight excluding hydrogens is 316 g/mol. The van der Waals surface area contributed by atoms with E-state index in [-0.39, 0.29) is 11.5 Å². The Morgan fingerprint density at radius 1 is 1.00 bits per heavy atom. The lowest BCUT2D eigenvalue weighted by Gasteiger charge is -2.25. The molecule has 0 radical (unpaired) electrons. The summed E-state index contributed by atoms with van der Waals surface area (Å²) in [6, 6.07) is 17.4. The molecule has 4 aromatic rings. The van der Waals surface area contributed by atoms with Crippen LogP contribution in [0.15, 0.2) is 68.3 Å². The lowest BCUT2D eigenvalue weighted by molar-refractivity contribution is 0.429. The predicted molar refractivity (Wildman–Crippen MR) is 94.4 cm³/mol. The van der Waals surface area contributed by atoms with Crippen LogP contribution in [-0.2, 0) is 0 Å². The Balaban J connectivity index is 1.90. The number of hydrogen-bond donors (Lipinski definition) is 1. The minimum Gasteiger partial charge on any atom is -0.422 e. The predicted octanol–water partition coefficient (Wildman–Crippen LogP) is 4.33. The van der Waals surface area contributed by atoms with Crippen molar-refractivity contribution >= 4 is 22.5 Å². The van der Waals surface area contributed by atoms with Crippen molar-refractivity contribution in [3.63, 3.8) is 0 Å². The van der Waals surface area contributed by atoms with E-state index >= 15 is 0 Å². The average molecular weight is 330 g/mol. The van der Waals surface area contributed by atoms with Crippen molar-refractivity contribution in [2.24, 2.45) is 0 Å². The van der Waals surface area contributed by atoms with Gasteiger partial charge in [-0.3, -0.25) is 0 Å². The van der Waals surface area contributed by atoms with Gasteiger partial charge in [-0.1, -0.05) is 47.6 Å². The topological polar surface area (TPSA) is 68.3 Å². The van der Waals surface area contributed by atoms with Gasteiger partial charge in [0.1, 0.15) is 5.58 Å². The molecule has 5 nitrogen and oxygen atoms in total. The van der Waals surface area contributed by atoms with Crippen molar-refractivity contribution in [1.82, 2.24) is 5.16 Å². The third kappa shape index (κ3) is 1.96. The van der Waals surface area contributed by atoms with E-state index in [2.05, 4.69) is 10.5 Å². The molecular formula is C20H14N2O3. The SMILES string of the molecule is Cc1noc2c1C(c1ccccc1)c1c(c3ccccc3oc1=O)N2. The molecule has 1 atom stereocenters. The summed E-state index contributed by atoms with van der Waals surface area (Å²) >= 11 is 0. The van der Waals surface area contributed by atoms with Gasteiger partial charge in [0, 0.05) is 5.39 Å². The highest BCUT2D eigenvalue weighted by Gasteiger charge is 2.36. The van der Waals surface area contributed by atoms with Gasteiger partial charge in [-0.25, -0.2) is 4.79 Å². The van der Waals surface area contributed by atoms with Crippen molar-refractivity contribution in [3.8, 4) is 0 Å². The van der Waals surface area contributed by atoms with Crippen molar-refractivity contribution in [3.05, 3.63) is 87.4 Å². The fourth-order valence-corrected chi connectivity index (χ4v) is 3.60. The second-order valence-electron chi connectivity index (χ2n) is 6.15. The number of benzene rings is 2. The quantitative estimate of drug-likeness (QED) is 0.463. The minimum absolute atomic E-state index is 0.278. The molecule has 5 rings (SSSR count). The first-order valence-electron chi connectivity index (χ1n) is 8.08. The second kappa shape index (κ2) is 5.08. The Bertz CT molecular complexity index is 1160. The van der Waals surface area contributed by atoms with Crippen LogP contribution in [0.3, 0.4) is 0 Å². The highest BCUT2D eigenvalue weighted by molar-refractivity contribution is 5.95. The van der Waals surface area contributed by atoms with Gasteiger partial charge >= 0.3 is 5.63 Å². The molecule has 1 aliphatic rings. The molecule has 0 saturated heterocycles. The zero-order valence-corrected chi connectivity index (χ0v) is 13.4. The largest absolute Gasteiger partial charge is 0.422 e. The molecule has 0 aliphatic carbocycles. The van der Waals surface area contributed by atoms with Crippen LogP contribution in [-0.4, -0.2) is 5.16 Å². The molecule has 1 N–H and O–H groups in total. The summed E-state index contributed by atoms with van der Waals surface area (Å²) in [6.45, 7) is 1.88. The van der Waals surface area contributed by atoms with Gasteiger partial charge < -0.3 is 14.3 Å². The van der Waals surface area contributed by atoms with E-state index in [1.807, 2.05) is 55.5 Å². The van der Waals surface area contributed by atoms with Crippen LogP contribution in [0.4, 0.5) is 11.6 Å². The molecule has 0 bridgehead atoms. The first-order chi connectivity index (χ1) is 12.2. The molecule has 5 heteroatoms. The van der Waals surface area contributed by atoms with Crippen molar-refractivity contribution in [2.45, 2.75) is 12.8 Å². The molecule has 0 spiro atoms. The Labute approximate surface area is 142 Å². The molecule has 2 aromatic carbocycles. The fraction of sp³-hybridized carbons (Fsp3) is 0.100. The van der Waals surface area contributed by atoms with E-state index in [1.165, 1.54) is 0 Å². The number of nitrogens with one attached hydrogen (secondary N) is 1. The van der Waals surface area contributed by atoms with Crippen molar-refractivity contribution in [2.75, 3.05) is 5.32 Å². The van der Waals surface area contributed by atoms with Gasteiger partial charge in [-0.2, -0.15) is 0 Å². The zero-order valence-electron chi connectivity index (χ0n) is 13.4. The third-order valence-corrected chi connectivity index (χ3v) is 4.71. The van der Waals surface area contributed by atoms with Gasteiger partial charge in [-0.15, -0.1) is 0 Å². The lowest BCUT2D eigenvalue weighted by atomic mass is 9.82. The number of hydrogen-bond acceptors (Lipinski definition) is 5. The highest BCUT2D eigenvalue weighted by atomic mass is 16.5. The number of anilines is 2. The van der Waals surface area contributed by atoms with E-state index < -0.39 is 0 Å². The summed E-state index contributed by atoms with van der Waals surface area (Å²) in [5, 5.41) is 8.20. The summed E-state index contributed by atoms with van der Waals surface area (Å²) in [7, 11) is 0. The standard InChI is InChI=1S/C20H14N2O3/c1-11-15-16(12-7-3-2-4-8-12)17-18(21-19(15)25-22-11)13-9-5-6-10-14(13)24-20(17)23/h2-10,16,21H,1H3. The molecule has 2 aromatic heterocycles. The van der Waals surface area contributed by atoms with Crippen molar-refractivity contribution < 1.29 is 8.94 Å². The second-order valence-corrected chi connectivity index (χ2v) is 6.15. The van der Waals surface area contributed by atoms with Crippen LogP contribution in [0.25, 0.3) is 11.0 Å². The molecule has 122 valence electrons. The number of para-hydroxylation sites is 1. The fourth-order valence-electron chi connectivity index (χ4n) is 3.60. The highest BCUT2D eigenvalue weighted by Crippen LogP contribution is 2.46. The maximum Gasteiger partial charge on any atom is 0.342 e. The van der Waals surface area contributed by atoms with Crippen molar-refractivity contribution in [1.29, 1.82) is 0 Å². The summed E-state index contributed by atoms with van der Waals surface area (Å²) in [6.07, 6.45) is 0. The Kier molecular flexibility index (Phi) is 2.85. The molecule has 1 aliphatic heterocycles. The maximum absolute atomic E-state index is 12.8. The molecule has 0 saturated carbocycles. The maximum atomic E-state index is 12.8. The number of aryl methyl sites for hydroxylation is 1. The van der Waals surface area contributed by atoms with Gasteiger partial charge in [0.15, 0.2) is 0 Å². The molecule has 25 heavy (non-hydrogen) atoms. The minimum atomic E-state index is -0.346. The Morgan fingerprint density at radius 3 is 2.60 bits per heavy atom. The Morgan fingerprint density at radius 2 is 1.76 bits per heavy atom. The molecule has 1 unspecified atom stereocenters. The number of nitrogens with zero attached hydrogens (tertiary/aromatic N) is 1. The van der Waals surface area contributed by atoms with Gasteiger partial charge in [0.2, 0.25) is 5.88 Å². The number of aromatic nitrogens is 1. The van der Waals surface area contributed by atoms with Crippen LogP contribution in [0.1, 0.15) is 28.3 Å². The zero-order chi connectivity index (χ0) is 17.0. The molecule has 3 heterocycles. The van der Waals surface area contributed by atoms with Crippen LogP contribution in [0, 0.1) is 6.92 Å². The molecule has 0 fully saturated rings. The first-order valence-corrected chi connectivity index (χ1v) is 8.08. The lowest BCUT2D eigenvalue weighted by Crippen LogP contribution is -2.22. The van der Waals surface area contributed by atoms with Gasteiger partial charge in [0.25, 0.3) is 0 Å². The van der Waals surface area contributed by atoms with E-state index in [9.17, 15) is 4.79 Å². The van der Waals surface area contributed by atoms with Gasteiger partial charge in [0.05, 0.1) is 28.4 Å². The van der Waals surface area contributed by atoms with Crippen LogP contribution in [0.5, 0.6) is 0 Å². The number of fused-ring (bicyclic) bond motifs is 4. The Hall–Kier alpha value is -3.34. The molecule has 0 amide bonds. The van der Waals surface area contributed by atoms with Crippen LogP contribution < -0.4 is 10.9 Å². The van der Waals surface area contributed by atoms with E-state index in [4.69, 9.17) is 8.94 Å². The summed E-state index contributed by atoms with van der Waals surface area (Å²) in [5.41, 5.74) is 4.15. The monoisotopic (exact) mass is 330 g/mol. The summed E-state index contributed by atoms with van der Waals surface area (Å²) in [4.78, 5) is 12.8. The summed E-state index contributed by atoms with van der Waals surface area (Å²) in [5.74, 6) is 0.300. The smallest absolute Gasteiger partial charge is 0.342 e. The normalized spacial score (nSPS) is 15.5. The summed E-state index contributed by atoms with van der Waals surface area (Å²) < 4.78 is 11.1. The van der Waals surface area contributed by atoms with E-state index in [1.54, 1.807) is 6.07 Å². The van der Waals surface area contributed by atoms with Gasteiger partial charge in [-0.05, 0) is 24.6 Å². The van der Waals surface area contributed by atoms with Crippen LogP contribution >= 0.6 is 0 Å². The van der Waals surface area contributed by atoms with E-state index in [0.717, 1.165) is 27.9 Å². The number of rotatable bonds is 1. The van der Waals surface area contributed by atoms with Crippen LogP contribution in [0.2, 0.25) is 0 Å². The third-order valence-electron chi connectivity index (χ3n) is 4.71.